The zero-order valence-electron chi connectivity index (χ0n) is 11.6. The third kappa shape index (κ3) is 2.13. The molecule has 2 aromatic rings. The van der Waals surface area contributed by atoms with Crippen molar-refractivity contribution in [2.45, 2.75) is 31.5 Å². The second-order valence-corrected chi connectivity index (χ2v) is 5.31. The summed E-state index contributed by atoms with van der Waals surface area (Å²) in [5, 5.41) is 10.9. The zero-order chi connectivity index (χ0) is 14.0. The lowest BCUT2D eigenvalue weighted by atomic mass is 9.81. The van der Waals surface area contributed by atoms with Gasteiger partial charge in [-0.1, -0.05) is 30.3 Å². The summed E-state index contributed by atoms with van der Waals surface area (Å²) in [5.41, 5.74) is 2.21. The minimum Gasteiger partial charge on any atom is -0.383 e. The number of ether oxygens (including phenoxy) is 1. The Hall–Kier alpha value is -1.71. The maximum atomic E-state index is 10.9. The van der Waals surface area contributed by atoms with Crippen molar-refractivity contribution >= 4 is 0 Å². The van der Waals surface area contributed by atoms with Gasteiger partial charge in [0.05, 0.1) is 5.69 Å². The van der Waals surface area contributed by atoms with Gasteiger partial charge in [0, 0.05) is 12.8 Å². The Labute approximate surface area is 119 Å². The van der Waals surface area contributed by atoms with E-state index in [4.69, 9.17) is 4.74 Å². The normalized spacial score (nSPS) is 23.7. The summed E-state index contributed by atoms with van der Waals surface area (Å²) < 4.78 is 6.03. The van der Waals surface area contributed by atoms with Crippen LogP contribution >= 0.6 is 0 Å². The monoisotopic (exact) mass is 269 g/mol. The molecule has 104 valence electrons. The molecular formula is C17H19NO2. The van der Waals surface area contributed by atoms with Crippen LogP contribution in [0.1, 0.15) is 35.8 Å². The number of rotatable bonds is 3. The third-order valence-electron chi connectivity index (χ3n) is 4.06. The Morgan fingerprint density at radius 3 is 2.65 bits per heavy atom. The lowest BCUT2D eigenvalue weighted by Gasteiger charge is -2.34. The van der Waals surface area contributed by atoms with Crippen molar-refractivity contribution in [3.63, 3.8) is 0 Å². The Kier molecular flexibility index (Phi) is 3.55. The number of hydrogen-bond acceptors (Lipinski definition) is 3. The van der Waals surface area contributed by atoms with Gasteiger partial charge in [0.2, 0.25) is 0 Å². The molecule has 0 spiro atoms. The van der Waals surface area contributed by atoms with Crippen LogP contribution in [0.5, 0.6) is 0 Å². The Balaban J connectivity index is 2.07. The van der Waals surface area contributed by atoms with Gasteiger partial charge in [-0.2, -0.15) is 0 Å². The minimum atomic E-state index is -0.743. The first-order valence-electron chi connectivity index (χ1n) is 7.03. The second-order valence-electron chi connectivity index (χ2n) is 5.31. The molecule has 1 aromatic carbocycles. The molecule has 1 fully saturated rings. The smallest absolute Gasteiger partial charge is 0.129 e. The summed E-state index contributed by atoms with van der Waals surface area (Å²) in [6, 6.07) is 13.7. The van der Waals surface area contributed by atoms with Gasteiger partial charge in [-0.25, -0.2) is 0 Å². The van der Waals surface area contributed by atoms with Crippen molar-refractivity contribution in [2.24, 2.45) is 0 Å². The van der Waals surface area contributed by atoms with Crippen LogP contribution < -0.4 is 0 Å². The second kappa shape index (κ2) is 5.35. The van der Waals surface area contributed by atoms with Gasteiger partial charge in [-0.15, -0.1) is 0 Å². The van der Waals surface area contributed by atoms with Gasteiger partial charge >= 0.3 is 0 Å². The standard InChI is InChI=1S/C17H19NO2/c1-13-7-2-3-8-14(13)17(10-6-12-20-17)16(19)15-9-4-5-11-18-15/h2-5,7-9,11,16,19H,6,10,12H2,1H3. The number of hydrogen-bond donors (Lipinski definition) is 1. The molecule has 1 saturated heterocycles. The molecule has 3 heteroatoms. The van der Waals surface area contributed by atoms with Gasteiger partial charge in [0.25, 0.3) is 0 Å². The van der Waals surface area contributed by atoms with Gasteiger partial charge in [-0.05, 0) is 43.0 Å². The molecule has 3 rings (SSSR count). The fourth-order valence-electron chi connectivity index (χ4n) is 3.06. The van der Waals surface area contributed by atoms with Crippen LogP contribution in [0.3, 0.4) is 0 Å². The molecule has 0 saturated carbocycles. The molecule has 1 aliphatic heterocycles. The predicted molar refractivity (Wildman–Crippen MR) is 77.2 cm³/mol. The van der Waals surface area contributed by atoms with Crippen LogP contribution in [0.15, 0.2) is 48.7 Å². The van der Waals surface area contributed by atoms with Crippen molar-refractivity contribution in [2.75, 3.05) is 6.61 Å². The predicted octanol–water partition coefficient (Wildman–Crippen LogP) is 3.13. The van der Waals surface area contributed by atoms with Crippen molar-refractivity contribution in [1.82, 2.24) is 4.98 Å². The fraction of sp³-hybridized carbons (Fsp3) is 0.353. The van der Waals surface area contributed by atoms with Gasteiger partial charge in [0.1, 0.15) is 11.7 Å². The molecule has 2 unspecified atom stereocenters. The first-order valence-corrected chi connectivity index (χ1v) is 7.03. The highest BCUT2D eigenvalue weighted by Crippen LogP contribution is 2.46. The van der Waals surface area contributed by atoms with Crippen LogP contribution in [0.25, 0.3) is 0 Å². The molecule has 0 amide bonds. The lowest BCUT2D eigenvalue weighted by molar-refractivity contribution is -0.100. The first kappa shape index (κ1) is 13.3. The van der Waals surface area contributed by atoms with Gasteiger partial charge in [-0.3, -0.25) is 4.98 Å². The van der Waals surface area contributed by atoms with Crippen molar-refractivity contribution < 1.29 is 9.84 Å². The van der Waals surface area contributed by atoms with Crippen LogP contribution in [-0.4, -0.2) is 16.7 Å². The van der Waals surface area contributed by atoms with E-state index >= 15 is 0 Å². The number of aryl methyl sites for hydroxylation is 1. The third-order valence-corrected chi connectivity index (χ3v) is 4.06. The molecule has 1 aliphatic rings. The summed E-state index contributed by atoms with van der Waals surface area (Å²) in [6.07, 6.45) is 2.74. The molecule has 1 aromatic heterocycles. The average molecular weight is 269 g/mol. The van der Waals surface area contributed by atoms with E-state index in [0.29, 0.717) is 12.3 Å². The largest absolute Gasteiger partial charge is 0.383 e. The van der Waals surface area contributed by atoms with E-state index in [0.717, 1.165) is 24.0 Å². The molecular weight excluding hydrogens is 250 g/mol. The number of benzene rings is 1. The summed E-state index contributed by atoms with van der Waals surface area (Å²) in [6.45, 7) is 2.74. The van der Waals surface area contributed by atoms with E-state index in [9.17, 15) is 5.11 Å². The molecule has 3 nitrogen and oxygen atoms in total. The van der Waals surface area contributed by atoms with E-state index in [1.807, 2.05) is 36.4 Å². The molecule has 1 N–H and O–H groups in total. The van der Waals surface area contributed by atoms with E-state index in [1.165, 1.54) is 0 Å². The SMILES string of the molecule is Cc1ccccc1C1(C(O)c2ccccn2)CCCO1. The summed E-state index contributed by atoms with van der Waals surface area (Å²) >= 11 is 0. The Bertz CT molecular complexity index is 577. The van der Waals surface area contributed by atoms with Crippen LogP contribution in [0.2, 0.25) is 0 Å². The molecule has 2 atom stereocenters. The highest BCUT2D eigenvalue weighted by molar-refractivity contribution is 5.35. The van der Waals surface area contributed by atoms with Gasteiger partial charge in [0.15, 0.2) is 0 Å². The molecule has 0 aliphatic carbocycles. The zero-order valence-corrected chi connectivity index (χ0v) is 11.6. The van der Waals surface area contributed by atoms with E-state index in [1.54, 1.807) is 6.20 Å². The summed E-state index contributed by atoms with van der Waals surface area (Å²) in [5.74, 6) is 0. The molecule has 20 heavy (non-hydrogen) atoms. The fourth-order valence-corrected chi connectivity index (χ4v) is 3.06. The average Bonchev–Trinajstić information content (AvgIpc) is 2.98. The van der Waals surface area contributed by atoms with Crippen molar-refractivity contribution in [3.8, 4) is 0 Å². The van der Waals surface area contributed by atoms with E-state index in [2.05, 4.69) is 18.0 Å². The van der Waals surface area contributed by atoms with Gasteiger partial charge < -0.3 is 9.84 Å². The number of aliphatic hydroxyl groups is 1. The highest BCUT2D eigenvalue weighted by Gasteiger charge is 2.45. The van der Waals surface area contributed by atoms with Crippen LogP contribution in [-0.2, 0) is 10.3 Å². The Morgan fingerprint density at radius 1 is 1.20 bits per heavy atom. The first-order chi connectivity index (χ1) is 9.74. The van der Waals surface area contributed by atoms with E-state index < -0.39 is 11.7 Å². The number of aliphatic hydroxyl groups excluding tert-OH is 1. The number of aromatic nitrogens is 1. The summed E-state index contributed by atoms with van der Waals surface area (Å²) in [7, 11) is 0. The topological polar surface area (TPSA) is 42.4 Å². The molecule has 0 radical (unpaired) electrons. The summed E-state index contributed by atoms with van der Waals surface area (Å²) in [4.78, 5) is 4.29. The highest BCUT2D eigenvalue weighted by atomic mass is 16.5. The Morgan fingerprint density at radius 2 is 2.00 bits per heavy atom. The quantitative estimate of drug-likeness (QED) is 0.931. The number of pyridine rings is 1. The lowest BCUT2D eigenvalue weighted by Crippen LogP contribution is -2.34. The van der Waals surface area contributed by atoms with Crippen LogP contribution in [0.4, 0.5) is 0 Å². The maximum Gasteiger partial charge on any atom is 0.129 e. The molecule has 2 heterocycles. The maximum absolute atomic E-state index is 10.9. The van der Waals surface area contributed by atoms with Crippen molar-refractivity contribution in [3.05, 3.63) is 65.5 Å². The van der Waals surface area contributed by atoms with Crippen LogP contribution in [0, 0.1) is 6.92 Å². The van der Waals surface area contributed by atoms with Crippen molar-refractivity contribution in [1.29, 1.82) is 0 Å². The number of nitrogens with zero attached hydrogens (tertiary/aromatic N) is 1. The van der Waals surface area contributed by atoms with E-state index in [-0.39, 0.29) is 0 Å². The molecule has 0 bridgehead atoms. The minimum absolute atomic E-state index is 0.664.